The van der Waals surface area contributed by atoms with Crippen LogP contribution in [0.1, 0.15) is 23.4 Å². The molecule has 1 rings (SSSR count). The summed E-state index contributed by atoms with van der Waals surface area (Å²) in [5.74, 6) is 0. The van der Waals surface area contributed by atoms with Crippen LogP contribution in [0.25, 0.3) is 0 Å². The van der Waals surface area contributed by atoms with Gasteiger partial charge in [-0.05, 0) is 47.5 Å². The molecule has 1 aromatic rings. The molecule has 0 saturated carbocycles. The van der Waals surface area contributed by atoms with E-state index in [1.165, 1.54) is 17.7 Å². The lowest BCUT2D eigenvalue weighted by molar-refractivity contribution is 0.320. The Morgan fingerprint density at radius 2 is 2.06 bits per heavy atom. The summed E-state index contributed by atoms with van der Waals surface area (Å²) < 4.78 is 1.96. The summed E-state index contributed by atoms with van der Waals surface area (Å²) in [5.41, 5.74) is 3.80. The highest BCUT2D eigenvalue weighted by atomic mass is 15.3. The fourth-order valence-electron chi connectivity index (χ4n) is 1.92. The van der Waals surface area contributed by atoms with Crippen molar-refractivity contribution < 1.29 is 0 Å². The highest BCUT2D eigenvalue weighted by molar-refractivity contribution is 5.23. The molecule has 4 heteroatoms. The van der Waals surface area contributed by atoms with E-state index in [1.807, 2.05) is 18.8 Å². The Morgan fingerprint density at radius 3 is 2.56 bits per heavy atom. The molecule has 0 atom stereocenters. The molecule has 0 fully saturated rings. The fraction of sp³-hybridized carbons (Fsp3) is 0.750. The minimum absolute atomic E-state index is 0.995. The van der Waals surface area contributed by atoms with Crippen LogP contribution in [0, 0.1) is 13.8 Å². The van der Waals surface area contributed by atoms with Gasteiger partial charge >= 0.3 is 0 Å². The molecule has 0 aliphatic rings. The predicted molar refractivity (Wildman–Crippen MR) is 67.6 cm³/mol. The van der Waals surface area contributed by atoms with Gasteiger partial charge in [0.15, 0.2) is 0 Å². The van der Waals surface area contributed by atoms with Gasteiger partial charge in [-0.15, -0.1) is 0 Å². The van der Waals surface area contributed by atoms with Gasteiger partial charge in [-0.3, -0.25) is 4.68 Å². The molecule has 0 unspecified atom stereocenters. The van der Waals surface area contributed by atoms with Crippen LogP contribution in [0.2, 0.25) is 0 Å². The second kappa shape index (κ2) is 6.01. The number of aryl methyl sites for hydroxylation is 2. The van der Waals surface area contributed by atoms with E-state index in [9.17, 15) is 0 Å². The maximum Gasteiger partial charge on any atom is 0.0641 e. The maximum absolute atomic E-state index is 4.44. The molecule has 0 amide bonds. The van der Waals surface area contributed by atoms with Crippen LogP contribution in [0.4, 0.5) is 0 Å². The van der Waals surface area contributed by atoms with Crippen LogP contribution < -0.4 is 5.32 Å². The molecule has 1 N–H and O–H groups in total. The number of hydrogen-bond acceptors (Lipinski definition) is 3. The van der Waals surface area contributed by atoms with Gasteiger partial charge in [-0.1, -0.05) is 0 Å². The van der Waals surface area contributed by atoms with Crippen molar-refractivity contribution in [3.8, 4) is 0 Å². The third kappa shape index (κ3) is 3.32. The van der Waals surface area contributed by atoms with Crippen LogP contribution in [-0.4, -0.2) is 41.9 Å². The SMILES string of the molecule is CNCCCN(C)Cc1c(C)nn(C)c1C. The van der Waals surface area contributed by atoms with Crippen LogP contribution in [0.5, 0.6) is 0 Å². The van der Waals surface area contributed by atoms with Gasteiger partial charge in [-0.2, -0.15) is 5.10 Å². The molecular formula is C12H24N4. The van der Waals surface area contributed by atoms with Gasteiger partial charge in [0.2, 0.25) is 0 Å². The van der Waals surface area contributed by atoms with E-state index in [0.717, 1.165) is 25.3 Å². The van der Waals surface area contributed by atoms with E-state index in [2.05, 4.69) is 36.2 Å². The number of hydrogen-bond donors (Lipinski definition) is 1. The third-order valence-electron chi connectivity index (χ3n) is 3.05. The zero-order chi connectivity index (χ0) is 12.1. The summed E-state index contributed by atoms with van der Waals surface area (Å²) in [6, 6.07) is 0. The molecule has 0 aliphatic heterocycles. The Balaban J connectivity index is 2.52. The highest BCUT2D eigenvalue weighted by Gasteiger charge is 2.10. The Bertz CT molecular complexity index is 330. The van der Waals surface area contributed by atoms with E-state index in [0.29, 0.717) is 0 Å². The second-order valence-corrected chi connectivity index (χ2v) is 4.47. The molecule has 92 valence electrons. The van der Waals surface area contributed by atoms with Gasteiger partial charge in [0.25, 0.3) is 0 Å². The van der Waals surface area contributed by atoms with Gasteiger partial charge in [0.05, 0.1) is 5.69 Å². The van der Waals surface area contributed by atoms with E-state index < -0.39 is 0 Å². The fourth-order valence-corrected chi connectivity index (χ4v) is 1.92. The second-order valence-electron chi connectivity index (χ2n) is 4.47. The molecule has 0 saturated heterocycles. The average molecular weight is 224 g/mol. The van der Waals surface area contributed by atoms with Crippen LogP contribution in [0.3, 0.4) is 0 Å². The van der Waals surface area contributed by atoms with Crippen molar-refractivity contribution in [3.63, 3.8) is 0 Å². The first-order valence-electron chi connectivity index (χ1n) is 5.88. The quantitative estimate of drug-likeness (QED) is 0.734. The van der Waals surface area contributed by atoms with Crippen molar-refractivity contribution in [1.29, 1.82) is 0 Å². The number of nitrogens with one attached hydrogen (secondary N) is 1. The summed E-state index contributed by atoms with van der Waals surface area (Å²) in [4.78, 5) is 2.36. The molecule has 0 aromatic carbocycles. The summed E-state index contributed by atoms with van der Waals surface area (Å²) in [6.45, 7) is 7.42. The summed E-state index contributed by atoms with van der Waals surface area (Å²) in [6.07, 6.45) is 1.19. The lowest BCUT2D eigenvalue weighted by atomic mass is 10.2. The smallest absolute Gasteiger partial charge is 0.0641 e. The van der Waals surface area contributed by atoms with Crippen LogP contribution in [0.15, 0.2) is 0 Å². The van der Waals surface area contributed by atoms with Crippen LogP contribution >= 0.6 is 0 Å². The van der Waals surface area contributed by atoms with Crippen molar-refractivity contribution >= 4 is 0 Å². The number of rotatable bonds is 6. The molecule has 16 heavy (non-hydrogen) atoms. The van der Waals surface area contributed by atoms with Crippen molar-refractivity contribution in [1.82, 2.24) is 20.0 Å². The summed E-state index contributed by atoms with van der Waals surface area (Å²) >= 11 is 0. The van der Waals surface area contributed by atoms with Crippen molar-refractivity contribution in [3.05, 3.63) is 17.0 Å². The summed E-state index contributed by atoms with van der Waals surface area (Å²) in [7, 11) is 6.17. The standard InChI is InChI=1S/C12H24N4/c1-10-12(11(2)16(5)14-10)9-15(4)8-6-7-13-3/h13H,6-9H2,1-5H3. The van der Waals surface area contributed by atoms with Gasteiger partial charge in [0.1, 0.15) is 0 Å². The van der Waals surface area contributed by atoms with E-state index in [-0.39, 0.29) is 0 Å². The first-order chi connectivity index (χ1) is 7.56. The number of aromatic nitrogens is 2. The van der Waals surface area contributed by atoms with E-state index >= 15 is 0 Å². The third-order valence-corrected chi connectivity index (χ3v) is 3.05. The molecular weight excluding hydrogens is 200 g/mol. The first kappa shape index (κ1) is 13.2. The van der Waals surface area contributed by atoms with Crippen molar-refractivity contribution in [2.45, 2.75) is 26.8 Å². The molecule has 0 bridgehead atoms. The highest BCUT2D eigenvalue weighted by Crippen LogP contribution is 2.13. The molecule has 1 aromatic heterocycles. The lowest BCUT2D eigenvalue weighted by Crippen LogP contribution is -2.23. The maximum atomic E-state index is 4.44. The van der Waals surface area contributed by atoms with Crippen LogP contribution in [-0.2, 0) is 13.6 Å². The zero-order valence-electron chi connectivity index (χ0n) is 11.2. The monoisotopic (exact) mass is 224 g/mol. The average Bonchev–Trinajstić information content (AvgIpc) is 2.46. The summed E-state index contributed by atoms with van der Waals surface area (Å²) in [5, 5.41) is 7.61. The molecule has 4 nitrogen and oxygen atoms in total. The van der Waals surface area contributed by atoms with Gasteiger partial charge in [-0.25, -0.2) is 0 Å². The topological polar surface area (TPSA) is 33.1 Å². The molecule has 0 radical (unpaired) electrons. The molecule has 1 heterocycles. The molecule has 0 aliphatic carbocycles. The Labute approximate surface area is 98.6 Å². The first-order valence-corrected chi connectivity index (χ1v) is 5.88. The Kier molecular flexibility index (Phi) is 4.96. The minimum atomic E-state index is 0.995. The normalized spacial score (nSPS) is 11.4. The Morgan fingerprint density at radius 1 is 1.38 bits per heavy atom. The number of nitrogens with zero attached hydrogens (tertiary/aromatic N) is 3. The van der Waals surface area contributed by atoms with Gasteiger partial charge < -0.3 is 10.2 Å². The van der Waals surface area contributed by atoms with Crippen molar-refractivity contribution in [2.75, 3.05) is 27.2 Å². The van der Waals surface area contributed by atoms with Crippen molar-refractivity contribution in [2.24, 2.45) is 7.05 Å². The Hall–Kier alpha value is -0.870. The van der Waals surface area contributed by atoms with E-state index in [4.69, 9.17) is 0 Å². The predicted octanol–water partition coefficient (Wildman–Crippen LogP) is 1.08. The molecule has 0 spiro atoms. The minimum Gasteiger partial charge on any atom is -0.320 e. The lowest BCUT2D eigenvalue weighted by Gasteiger charge is -2.16. The zero-order valence-corrected chi connectivity index (χ0v) is 11.2. The van der Waals surface area contributed by atoms with Gasteiger partial charge in [0, 0.05) is 24.8 Å². The van der Waals surface area contributed by atoms with E-state index in [1.54, 1.807) is 0 Å². The largest absolute Gasteiger partial charge is 0.320 e.